The van der Waals surface area contributed by atoms with Gasteiger partial charge in [0.25, 0.3) is 0 Å². The lowest BCUT2D eigenvalue weighted by molar-refractivity contribution is -0.0185. The van der Waals surface area contributed by atoms with Gasteiger partial charge in [0.15, 0.2) is 0 Å². The van der Waals surface area contributed by atoms with E-state index in [1.807, 2.05) is 0 Å². The maximum absolute atomic E-state index is 5.96. The minimum Gasteiger partial charge on any atom is -0.378 e. The largest absolute Gasteiger partial charge is 0.378 e. The van der Waals surface area contributed by atoms with E-state index in [9.17, 15) is 0 Å². The molecule has 100 valence electrons. The topological polar surface area (TPSA) is 9.23 Å². The first-order valence-corrected chi connectivity index (χ1v) is 7.10. The Kier molecular flexibility index (Phi) is 3.55. The summed E-state index contributed by atoms with van der Waals surface area (Å²) in [6, 6.07) is 9.05. The summed E-state index contributed by atoms with van der Waals surface area (Å²) in [5.41, 5.74) is 3.21. The smallest absolute Gasteiger partial charge is 0.0634 e. The van der Waals surface area contributed by atoms with Crippen molar-refractivity contribution in [3.8, 4) is 0 Å². The Labute approximate surface area is 112 Å². The minimum atomic E-state index is 0.193. The highest BCUT2D eigenvalue weighted by molar-refractivity contribution is 5.32. The monoisotopic (exact) mass is 246 g/mol. The van der Waals surface area contributed by atoms with Crippen LogP contribution < -0.4 is 0 Å². The van der Waals surface area contributed by atoms with Crippen molar-refractivity contribution in [2.45, 2.75) is 59.0 Å². The number of hydrogen-bond donors (Lipinski definition) is 0. The summed E-state index contributed by atoms with van der Waals surface area (Å²) < 4.78 is 5.96. The van der Waals surface area contributed by atoms with Gasteiger partial charge in [0.05, 0.1) is 6.10 Å². The lowest BCUT2D eigenvalue weighted by atomic mass is 9.64. The van der Waals surface area contributed by atoms with Crippen molar-refractivity contribution in [2.75, 3.05) is 6.61 Å². The Balaban J connectivity index is 2.34. The lowest BCUT2D eigenvalue weighted by Crippen LogP contribution is -2.41. The van der Waals surface area contributed by atoms with Gasteiger partial charge in [-0.25, -0.2) is 0 Å². The standard InChI is InChI=1S/C17H26O/c1-6-18-15-11-12-17(5,16(15,3)4)14-9-7-13(2)8-10-14/h7-10,15H,6,11-12H2,1-5H3. The van der Waals surface area contributed by atoms with Crippen molar-refractivity contribution < 1.29 is 4.74 Å². The maximum atomic E-state index is 5.96. The third-order valence-corrected chi connectivity index (χ3v) is 5.19. The second kappa shape index (κ2) is 4.70. The van der Waals surface area contributed by atoms with E-state index >= 15 is 0 Å². The zero-order chi connectivity index (χ0) is 13.4. The van der Waals surface area contributed by atoms with Crippen LogP contribution in [0.15, 0.2) is 24.3 Å². The molecule has 1 nitrogen and oxygen atoms in total. The maximum Gasteiger partial charge on any atom is 0.0634 e. The fraction of sp³-hybridized carbons (Fsp3) is 0.647. The summed E-state index contributed by atoms with van der Waals surface area (Å²) in [5.74, 6) is 0. The molecule has 1 heteroatoms. The molecule has 1 fully saturated rings. The van der Waals surface area contributed by atoms with Crippen LogP contribution in [0.25, 0.3) is 0 Å². The van der Waals surface area contributed by atoms with Gasteiger partial charge in [-0.3, -0.25) is 0 Å². The van der Waals surface area contributed by atoms with Crippen LogP contribution >= 0.6 is 0 Å². The third-order valence-electron chi connectivity index (χ3n) is 5.19. The van der Waals surface area contributed by atoms with Gasteiger partial charge < -0.3 is 4.74 Å². The highest BCUT2D eigenvalue weighted by Crippen LogP contribution is 2.54. The van der Waals surface area contributed by atoms with Crippen molar-refractivity contribution in [2.24, 2.45) is 5.41 Å². The minimum absolute atomic E-state index is 0.193. The van der Waals surface area contributed by atoms with Crippen LogP contribution in [0.3, 0.4) is 0 Å². The highest BCUT2D eigenvalue weighted by Gasteiger charge is 2.52. The molecule has 18 heavy (non-hydrogen) atoms. The van der Waals surface area contributed by atoms with Gasteiger partial charge in [-0.2, -0.15) is 0 Å². The molecule has 0 N–H and O–H groups in total. The second-order valence-electron chi connectivity index (χ2n) is 6.40. The zero-order valence-electron chi connectivity index (χ0n) is 12.4. The second-order valence-corrected chi connectivity index (χ2v) is 6.40. The Morgan fingerprint density at radius 2 is 1.78 bits per heavy atom. The third kappa shape index (κ3) is 1.99. The summed E-state index contributed by atoms with van der Waals surface area (Å²) in [6.45, 7) is 12.2. The Bertz CT molecular complexity index is 404. The van der Waals surface area contributed by atoms with E-state index in [0.29, 0.717) is 6.10 Å². The van der Waals surface area contributed by atoms with Gasteiger partial charge >= 0.3 is 0 Å². The molecule has 0 spiro atoms. The van der Waals surface area contributed by atoms with Gasteiger partial charge in [0.1, 0.15) is 0 Å². The van der Waals surface area contributed by atoms with Crippen LogP contribution in [-0.2, 0) is 10.2 Å². The Morgan fingerprint density at radius 3 is 2.33 bits per heavy atom. The SMILES string of the molecule is CCOC1CCC(C)(c2ccc(C)cc2)C1(C)C. The normalized spacial score (nSPS) is 30.6. The van der Waals surface area contributed by atoms with Gasteiger partial charge in [0, 0.05) is 17.4 Å². The summed E-state index contributed by atoms with van der Waals surface area (Å²) in [5, 5.41) is 0. The molecule has 2 rings (SSSR count). The van der Waals surface area contributed by atoms with Gasteiger partial charge in [-0.1, -0.05) is 50.6 Å². The molecule has 1 aliphatic rings. The van der Waals surface area contributed by atoms with Crippen molar-refractivity contribution in [3.63, 3.8) is 0 Å². The number of ether oxygens (including phenoxy) is 1. The van der Waals surface area contributed by atoms with Crippen LogP contribution in [0, 0.1) is 12.3 Å². The average molecular weight is 246 g/mol. The molecule has 1 aromatic rings. The molecule has 0 heterocycles. The molecule has 1 aromatic carbocycles. The van der Waals surface area contributed by atoms with Crippen molar-refractivity contribution in [3.05, 3.63) is 35.4 Å². The van der Waals surface area contributed by atoms with Crippen molar-refractivity contribution in [1.82, 2.24) is 0 Å². The Hall–Kier alpha value is -0.820. The van der Waals surface area contributed by atoms with Gasteiger partial charge in [-0.15, -0.1) is 0 Å². The van der Waals surface area contributed by atoms with E-state index in [1.54, 1.807) is 0 Å². The van der Waals surface area contributed by atoms with E-state index in [1.165, 1.54) is 24.0 Å². The van der Waals surface area contributed by atoms with Crippen molar-refractivity contribution >= 4 is 0 Å². The molecular formula is C17H26O. The van der Waals surface area contributed by atoms with Crippen LogP contribution in [0.5, 0.6) is 0 Å². The molecule has 1 aliphatic carbocycles. The zero-order valence-corrected chi connectivity index (χ0v) is 12.4. The quantitative estimate of drug-likeness (QED) is 0.764. The molecule has 1 saturated carbocycles. The van der Waals surface area contributed by atoms with Gasteiger partial charge in [-0.05, 0) is 32.3 Å². The van der Waals surface area contributed by atoms with E-state index in [0.717, 1.165) is 6.61 Å². The number of hydrogen-bond acceptors (Lipinski definition) is 1. The predicted octanol–water partition coefficient (Wildman–Crippen LogP) is 4.48. The van der Waals surface area contributed by atoms with Crippen LogP contribution in [0.2, 0.25) is 0 Å². The highest BCUT2D eigenvalue weighted by atomic mass is 16.5. The molecule has 0 aromatic heterocycles. The molecule has 2 unspecified atom stereocenters. The summed E-state index contributed by atoms with van der Waals surface area (Å²) in [4.78, 5) is 0. The van der Waals surface area contributed by atoms with E-state index in [4.69, 9.17) is 4.74 Å². The molecule has 0 bridgehead atoms. The Morgan fingerprint density at radius 1 is 1.17 bits per heavy atom. The number of aryl methyl sites for hydroxylation is 1. The van der Waals surface area contributed by atoms with Crippen LogP contribution in [0.1, 0.15) is 51.7 Å². The fourth-order valence-corrected chi connectivity index (χ4v) is 3.39. The van der Waals surface area contributed by atoms with Crippen LogP contribution in [0.4, 0.5) is 0 Å². The average Bonchev–Trinajstić information content (AvgIpc) is 2.55. The fourth-order valence-electron chi connectivity index (χ4n) is 3.39. The number of rotatable bonds is 3. The number of benzene rings is 1. The molecule has 2 atom stereocenters. The summed E-state index contributed by atoms with van der Waals surface area (Å²) in [6.07, 6.45) is 2.77. The van der Waals surface area contributed by atoms with Crippen LogP contribution in [-0.4, -0.2) is 12.7 Å². The summed E-state index contributed by atoms with van der Waals surface area (Å²) >= 11 is 0. The summed E-state index contributed by atoms with van der Waals surface area (Å²) in [7, 11) is 0. The molecule has 0 saturated heterocycles. The first-order chi connectivity index (χ1) is 8.41. The van der Waals surface area contributed by atoms with E-state index < -0.39 is 0 Å². The molecule has 0 radical (unpaired) electrons. The molecule has 0 amide bonds. The lowest BCUT2D eigenvalue weighted by Gasteiger charge is -2.42. The first-order valence-electron chi connectivity index (χ1n) is 7.10. The van der Waals surface area contributed by atoms with Crippen molar-refractivity contribution in [1.29, 1.82) is 0 Å². The van der Waals surface area contributed by atoms with Gasteiger partial charge in [0.2, 0.25) is 0 Å². The van der Waals surface area contributed by atoms with E-state index in [-0.39, 0.29) is 10.8 Å². The molecular weight excluding hydrogens is 220 g/mol. The predicted molar refractivity (Wildman–Crippen MR) is 77.0 cm³/mol. The van der Waals surface area contributed by atoms with E-state index in [2.05, 4.69) is 58.9 Å². The first kappa shape index (κ1) is 13.6. The molecule has 0 aliphatic heterocycles.